The van der Waals surface area contributed by atoms with E-state index < -0.39 is 5.41 Å². The number of aromatic nitrogens is 1. The van der Waals surface area contributed by atoms with Gasteiger partial charge in [0.15, 0.2) is 16.6 Å². The third-order valence-corrected chi connectivity index (χ3v) is 6.55. The van der Waals surface area contributed by atoms with Crippen molar-refractivity contribution in [2.75, 3.05) is 12.1 Å². The Morgan fingerprint density at radius 2 is 1.89 bits per heavy atom. The molecule has 0 unspecified atom stereocenters. The zero-order valence-electron chi connectivity index (χ0n) is 14.5. The third-order valence-electron chi connectivity index (χ3n) is 5.05. The van der Waals surface area contributed by atoms with E-state index in [1.165, 1.54) is 11.3 Å². The van der Waals surface area contributed by atoms with Gasteiger partial charge in [0.05, 0.1) is 21.2 Å². The van der Waals surface area contributed by atoms with E-state index in [0.717, 1.165) is 29.7 Å². The second-order valence-corrected chi connectivity index (χ2v) is 8.44. The van der Waals surface area contributed by atoms with E-state index in [-0.39, 0.29) is 12.7 Å². The first-order valence-corrected chi connectivity index (χ1v) is 10.3. The Bertz CT molecular complexity index is 1090. The number of anilines is 1. The zero-order valence-corrected chi connectivity index (χ0v) is 16.8. The van der Waals surface area contributed by atoms with E-state index in [4.69, 9.17) is 32.7 Å². The number of carbonyl (C=O) groups excluding carboxylic acids is 1. The van der Waals surface area contributed by atoms with Crippen LogP contribution < -0.4 is 14.8 Å². The molecule has 0 spiro atoms. The molecule has 1 aromatic heterocycles. The number of ether oxygens (including phenoxy) is 2. The van der Waals surface area contributed by atoms with Crippen LogP contribution in [0, 0.1) is 0 Å². The van der Waals surface area contributed by atoms with Crippen molar-refractivity contribution < 1.29 is 14.3 Å². The number of halogens is 2. The number of carbonyl (C=O) groups is 1. The summed E-state index contributed by atoms with van der Waals surface area (Å²) in [5.41, 5.74) is 2.00. The van der Waals surface area contributed by atoms with Crippen LogP contribution in [0.3, 0.4) is 0 Å². The van der Waals surface area contributed by atoms with Crippen molar-refractivity contribution in [2.45, 2.75) is 18.3 Å². The van der Waals surface area contributed by atoms with Crippen molar-refractivity contribution >= 4 is 45.6 Å². The molecule has 1 fully saturated rings. The summed E-state index contributed by atoms with van der Waals surface area (Å²) in [6.45, 7) is 0.217. The SMILES string of the molecule is O=C(Nc1nc(-c2ccc(Cl)c(Cl)c2)cs1)C1(c2ccc3c(c2)OCO3)CC1. The molecule has 1 aliphatic heterocycles. The molecule has 3 aromatic rings. The van der Waals surface area contributed by atoms with Gasteiger partial charge in [-0.3, -0.25) is 4.79 Å². The molecule has 0 saturated heterocycles. The fourth-order valence-electron chi connectivity index (χ4n) is 3.30. The van der Waals surface area contributed by atoms with Crippen LogP contribution in [-0.2, 0) is 10.2 Å². The molecule has 0 bridgehead atoms. The summed E-state index contributed by atoms with van der Waals surface area (Å²) < 4.78 is 10.8. The Morgan fingerprint density at radius 1 is 1.07 bits per heavy atom. The topological polar surface area (TPSA) is 60.5 Å². The number of hydrogen-bond donors (Lipinski definition) is 1. The Morgan fingerprint density at radius 3 is 2.68 bits per heavy atom. The van der Waals surface area contributed by atoms with Crippen molar-refractivity contribution in [3.8, 4) is 22.8 Å². The number of rotatable bonds is 4. The van der Waals surface area contributed by atoms with E-state index >= 15 is 0 Å². The highest BCUT2D eigenvalue weighted by molar-refractivity contribution is 7.14. The van der Waals surface area contributed by atoms with E-state index in [0.29, 0.717) is 26.7 Å². The molecule has 1 aliphatic carbocycles. The lowest BCUT2D eigenvalue weighted by Crippen LogP contribution is -2.27. The van der Waals surface area contributed by atoms with Crippen molar-refractivity contribution in [2.24, 2.45) is 0 Å². The number of benzene rings is 2. The summed E-state index contributed by atoms with van der Waals surface area (Å²) in [6.07, 6.45) is 1.59. The average Bonchev–Trinajstić information content (AvgIpc) is 3.15. The minimum Gasteiger partial charge on any atom is -0.454 e. The maximum absolute atomic E-state index is 13.0. The molecule has 0 radical (unpaired) electrons. The largest absolute Gasteiger partial charge is 0.454 e. The standard InChI is InChI=1S/C20H14Cl2N2O3S/c21-13-3-1-11(7-14(13)22)15-9-28-19(23-15)24-18(25)20(5-6-20)12-2-4-16-17(8-12)27-10-26-16/h1-4,7-9H,5-6,10H2,(H,23,24,25). The number of amides is 1. The van der Waals surface area contributed by atoms with Gasteiger partial charge in [-0.2, -0.15) is 0 Å². The quantitative estimate of drug-likeness (QED) is 0.589. The highest BCUT2D eigenvalue weighted by Crippen LogP contribution is 2.51. The van der Waals surface area contributed by atoms with E-state index in [1.54, 1.807) is 12.1 Å². The van der Waals surface area contributed by atoms with Crippen LogP contribution in [0.4, 0.5) is 5.13 Å². The van der Waals surface area contributed by atoms with Gasteiger partial charge in [0.1, 0.15) is 0 Å². The second-order valence-electron chi connectivity index (χ2n) is 6.77. The summed E-state index contributed by atoms with van der Waals surface area (Å²) in [5.74, 6) is 1.35. The Hall–Kier alpha value is -2.28. The summed E-state index contributed by atoms with van der Waals surface area (Å²) in [6, 6.07) is 11.0. The van der Waals surface area contributed by atoms with Gasteiger partial charge in [-0.25, -0.2) is 4.98 Å². The summed E-state index contributed by atoms with van der Waals surface area (Å²) in [7, 11) is 0. The lowest BCUT2D eigenvalue weighted by atomic mass is 9.94. The fraction of sp³-hybridized carbons (Fsp3) is 0.200. The Labute approximate surface area is 175 Å². The average molecular weight is 433 g/mol. The first kappa shape index (κ1) is 17.8. The van der Waals surface area contributed by atoms with Gasteiger partial charge < -0.3 is 14.8 Å². The fourth-order valence-corrected chi connectivity index (χ4v) is 4.31. The maximum atomic E-state index is 13.0. The van der Waals surface area contributed by atoms with E-state index in [2.05, 4.69) is 10.3 Å². The Balaban J connectivity index is 1.36. The van der Waals surface area contributed by atoms with Gasteiger partial charge >= 0.3 is 0 Å². The highest BCUT2D eigenvalue weighted by atomic mass is 35.5. The molecular formula is C20H14Cl2N2O3S. The van der Waals surface area contributed by atoms with Gasteiger partial charge in [0.2, 0.25) is 12.7 Å². The molecule has 5 nitrogen and oxygen atoms in total. The first-order chi connectivity index (χ1) is 13.5. The summed E-state index contributed by atoms with van der Waals surface area (Å²) in [5, 5.41) is 6.37. The molecule has 28 heavy (non-hydrogen) atoms. The smallest absolute Gasteiger partial charge is 0.236 e. The van der Waals surface area contributed by atoms with Gasteiger partial charge in [-0.1, -0.05) is 35.3 Å². The minimum atomic E-state index is -0.531. The highest BCUT2D eigenvalue weighted by Gasteiger charge is 2.52. The lowest BCUT2D eigenvalue weighted by molar-refractivity contribution is -0.118. The van der Waals surface area contributed by atoms with E-state index in [9.17, 15) is 4.79 Å². The van der Waals surface area contributed by atoms with Crippen molar-refractivity contribution in [3.63, 3.8) is 0 Å². The van der Waals surface area contributed by atoms with Gasteiger partial charge in [-0.15, -0.1) is 11.3 Å². The van der Waals surface area contributed by atoms with Gasteiger partial charge in [-0.05, 0) is 42.7 Å². The molecule has 5 rings (SSSR count). The number of hydrogen-bond acceptors (Lipinski definition) is 5. The summed E-state index contributed by atoms with van der Waals surface area (Å²) >= 11 is 13.4. The van der Waals surface area contributed by atoms with Crippen LogP contribution in [0.5, 0.6) is 11.5 Å². The first-order valence-electron chi connectivity index (χ1n) is 8.68. The molecule has 0 atom stereocenters. The third kappa shape index (κ3) is 3.02. The van der Waals surface area contributed by atoms with E-state index in [1.807, 2.05) is 29.6 Å². The number of nitrogens with one attached hydrogen (secondary N) is 1. The van der Waals surface area contributed by atoms with Crippen LogP contribution in [0.25, 0.3) is 11.3 Å². The van der Waals surface area contributed by atoms with Crippen molar-refractivity contribution in [1.82, 2.24) is 4.98 Å². The monoisotopic (exact) mass is 432 g/mol. The lowest BCUT2D eigenvalue weighted by Gasteiger charge is -2.15. The van der Waals surface area contributed by atoms with Crippen LogP contribution >= 0.6 is 34.5 Å². The van der Waals surface area contributed by atoms with Crippen LogP contribution in [-0.4, -0.2) is 17.7 Å². The molecule has 1 saturated carbocycles. The van der Waals surface area contributed by atoms with Gasteiger partial charge in [0, 0.05) is 10.9 Å². The van der Waals surface area contributed by atoms with Crippen LogP contribution in [0.1, 0.15) is 18.4 Å². The molecule has 1 N–H and O–H groups in total. The van der Waals surface area contributed by atoms with Gasteiger partial charge in [0.25, 0.3) is 0 Å². The normalized spacial score (nSPS) is 16.1. The molecule has 8 heteroatoms. The molecule has 2 heterocycles. The Kier molecular flexibility index (Phi) is 4.23. The van der Waals surface area contributed by atoms with Crippen molar-refractivity contribution in [3.05, 3.63) is 57.4 Å². The number of fused-ring (bicyclic) bond motifs is 1. The predicted octanol–water partition coefficient (Wildman–Crippen LogP) is 5.52. The molecular weight excluding hydrogens is 419 g/mol. The molecule has 2 aliphatic rings. The second kappa shape index (κ2) is 6.65. The van der Waals surface area contributed by atoms with Crippen LogP contribution in [0.2, 0.25) is 10.0 Å². The minimum absolute atomic E-state index is 0.0543. The summed E-state index contributed by atoms with van der Waals surface area (Å²) in [4.78, 5) is 17.5. The number of thiazole rings is 1. The predicted molar refractivity (Wildman–Crippen MR) is 110 cm³/mol. The molecule has 142 valence electrons. The maximum Gasteiger partial charge on any atom is 0.236 e. The molecule has 2 aromatic carbocycles. The van der Waals surface area contributed by atoms with Crippen molar-refractivity contribution in [1.29, 1.82) is 0 Å². The molecule has 1 amide bonds. The number of nitrogens with zero attached hydrogens (tertiary/aromatic N) is 1. The zero-order chi connectivity index (χ0) is 19.3. The van der Waals surface area contributed by atoms with Crippen LogP contribution in [0.15, 0.2) is 41.8 Å².